The molecular formula is C19H18F2O3. The second-order valence-corrected chi connectivity index (χ2v) is 5.40. The number of esters is 1. The Bertz CT molecular complexity index is 714. The van der Waals surface area contributed by atoms with Crippen LogP contribution in [0.5, 0.6) is 0 Å². The average Bonchev–Trinajstić information content (AvgIpc) is 2.58. The summed E-state index contributed by atoms with van der Waals surface area (Å²) < 4.78 is 31.9. The van der Waals surface area contributed by atoms with Gasteiger partial charge in [-0.25, -0.2) is 8.78 Å². The predicted molar refractivity (Wildman–Crippen MR) is 86.8 cm³/mol. The minimum atomic E-state index is -0.856. The van der Waals surface area contributed by atoms with Crippen molar-refractivity contribution in [2.45, 2.75) is 13.0 Å². The van der Waals surface area contributed by atoms with E-state index in [1.54, 1.807) is 0 Å². The van der Waals surface area contributed by atoms with Gasteiger partial charge in [-0.15, -0.1) is 0 Å². The van der Waals surface area contributed by atoms with Crippen molar-refractivity contribution >= 4 is 11.5 Å². The first-order chi connectivity index (χ1) is 11.5. The molecule has 0 saturated heterocycles. The van der Waals surface area contributed by atoms with Gasteiger partial charge in [-0.2, -0.15) is 0 Å². The fraction of sp³-hybridized carbons (Fsp3) is 0.211. The Labute approximate surface area is 139 Å². The highest BCUT2D eigenvalue weighted by molar-refractivity contribution is 5.76. The highest BCUT2D eigenvalue weighted by Gasteiger charge is 2.22. The Kier molecular flexibility index (Phi) is 6.21. The van der Waals surface area contributed by atoms with Crippen molar-refractivity contribution in [3.63, 3.8) is 0 Å². The maximum absolute atomic E-state index is 13.7. The molecule has 0 aromatic heterocycles. The van der Waals surface area contributed by atoms with E-state index in [4.69, 9.17) is 4.74 Å². The maximum Gasteiger partial charge on any atom is 0.311 e. The van der Waals surface area contributed by atoms with E-state index >= 15 is 0 Å². The third-order valence-corrected chi connectivity index (χ3v) is 3.58. The molecular weight excluding hydrogens is 314 g/mol. The first kappa shape index (κ1) is 17.8. The van der Waals surface area contributed by atoms with Crippen molar-refractivity contribution in [1.82, 2.24) is 0 Å². The van der Waals surface area contributed by atoms with Crippen LogP contribution in [-0.2, 0) is 16.1 Å². The van der Waals surface area contributed by atoms with E-state index in [0.717, 1.165) is 17.7 Å². The lowest BCUT2D eigenvalue weighted by atomic mass is 9.95. The van der Waals surface area contributed by atoms with Crippen LogP contribution in [0.3, 0.4) is 0 Å². The normalized spacial score (nSPS) is 11.8. The second kappa shape index (κ2) is 8.36. The van der Waals surface area contributed by atoms with Gasteiger partial charge in [-0.3, -0.25) is 4.79 Å². The molecule has 2 aromatic rings. The van der Waals surface area contributed by atoms with E-state index in [1.807, 2.05) is 30.3 Å². The molecule has 1 unspecified atom stereocenters. The molecule has 0 aliphatic heterocycles. The highest BCUT2D eigenvalue weighted by atomic mass is 19.1. The van der Waals surface area contributed by atoms with E-state index in [0.29, 0.717) is 5.57 Å². The summed E-state index contributed by atoms with van der Waals surface area (Å²) in [6, 6.07) is 12.3. The first-order valence-electron chi connectivity index (χ1n) is 7.46. The van der Waals surface area contributed by atoms with Gasteiger partial charge >= 0.3 is 5.97 Å². The molecule has 2 aromatic carbocycles. The number of ether oxygens (including phenoxy) is 1. The Morgan fingerprint density at radius 3 is 2.50 bits per heavy atom. The van der Waals surface area contributed by atoms with Gasteiger partial charge in [0, 0.05) is 11.6 Å². The number of benzene rings is 2. The molecule has 0 saturated carbocycles. The summed E-state index contributed by atoms with van der Waals surface area (Å²) in [5, 5.41) is 9.41. The topological polar surface area (TPSA) is 46.5 Å². The zero-order valence-corrected chi connectivity index (χ0v) is 13.0. The lowest BCUT2D eigenvalue weighted by Gasteiger charge is -2.15. The summed E-state index contributed by atoms with van der Waals surface area (Å²) in [5.74, 6) is -2.89. The van der Waals surface area contributed by atoms with Crippen LogP contribution in [0.25, 0.3) is 5.57 Å². The van der Waals surface area contributed by atoms with Gasteiger partial charge in [0.2, 0.25) is 0 Å². The molecule has 126 valence electrons. The molecule has 0 heterocycles. The molecule has 1 atom stereocenters. The summed E-state index contributed by atoms with van der Waals surface area (Å²) in [6.45, 7) is 3.36. The molecule has 1 N–H and O–H groups in total. The van der Waals surface area contributed by atoms with E-state index in [-0.39, 0.29) is 18.6 Å². The van der Waals surface area contributed by atoms with Crippen LogP contribution in [0, 0.1) is 17.6 Å². The number of carbonyl (C=O) groups is 1. The molecule has 0 spiro atoms. The number of hydrogen-bond acceptors (Lipinski definition) is 3. The van der Waals surface area contributed by atoms with Gasteiger partial charge in [0.15, 0.2) is 0 Å². The number of hydrogen-bond donors (Lipinski definition) is 1. The van der Waals surface area contributed by atoms with E-state index < -0.39 is 30.1 Å². The summed E-state index contributed by atoms with van der Waals surface area (Å²) in [4.78, 5) is 12.1. The van der Waals surface area contributed by atoms with Crippen LogP contribution in [0.2, 0.25) is 0 Å². The zero-order valence-electron chi connectivity index (χ0n) is 13.0. The summed E-state index contributed by atoms with van der Waals surface area (Å²) in [6.07, 6.45) is 0.0205. The molecule has 0 aliphatic carbocycles. The summed E-state index contributed by atoms with van der Waals surface area (Å²) >= 11 is 0. The highest BCUT2D eigenvalue weighted by Crippen LogP contribution is 2.25. The van der Waals surface area contributed by atoms with E-state index in [2.05, 4.69) is 6.58 Å². The SMILES string of the molecule is C=C(CC(CO)C(=O)OCc1ccccc1)c1ccc(F)cc1F. The third-order valence-electron chi connectivity index (χ3n) is 3.58. The fourth-order valence-electron chi connectivity index (χ4n) is 2.25. The second-order valence-electron chi connectivity index (χ2n) is 5.40. The van der Waals surface area contributed by atoms with E-state index in [1.165, 1.54) is 6.07 Å². The molecule has 2 rings (SSSR count). The molecule has 5 heteroatoms. The summed E-state index contributed by atoms with van der Waals surface area (Å²) in [7, 11) is 0. The van der Waals surface area contributed by atoms with Gasteiger partial charge in [0.25, 0.3) is 0 Å². The minimum absolute atomic E-state index is 0.0205. The van der Waals surface area contributed by atoms with E-state index in [9.17, 15) is 18.7 Å². The Balaban J connectivity index is 1.97. The smallest absolute Gasteiger partial charge is 0.311 e. The van der Waals surface area contributed by atoms with Gasteiger partial charge in [0.05, 0.1) is 12.5 Å². The molecule has 0 radical (unpaired) electrons. The zero-order chi connectivity index (χ0) is 17.5. The molecule has 0 fully saturated rings. The van der Waals surface area contributed by atoms with Crippen molar-refractivity contribution < 1.29 is 23.4 Å². The number of aliphatic hydroxyl groups excluding tert-OH is 1. The quantitative estimate of drug-likeness (QED) is 0.786. The molecule has 24 heavy (non-hydrogen) atoms. The lowest BCUT2D eigenvalue weighted by Crippen LogP contribution is -2.21. The van der Waals surface area contributed by atoms with Gasteiger partial charge in [-0.1, -0.05) is 36.9 Å². The van der Waals surface area contributed by atoms with Crippen molar-refractivity contribution in [3.05, 3.63) is 77.9 Å². The van der Waals surface area contributed by atoms with Gasteiger partial charge in [0.1, 0.15) is 18.2 Å². The Hall–Kier alpha value is -2.53. The number of aliphatic hydroxyl groups is 1. The van der Waals surface area contributed by atoms with Gasteiger partial charge in [-0.05, 0) is 29.7 Å². The van der Waals surface area contributed by atoms with Crippen molar-refractivity contribution in [1.29, 1.82) is 0 Å². The fourth-order valence-corrected chi connectivity index (χ4v) is 2.25. The van der Waals surface area contributed by atoms with Crippen LogP contribution < -0.4 is 0 Å². The van der Waals surface area contributed by atoms with Crippen LogP contribution in [0.4, 0.5) is 8.78 Å². The Morgan fingerprint density at radius 2 is 1.88 bits per heavy atom. The first-order valence-corrected chi connectivity index (χ1v) is 7.46. The van der Waals surface area contributed by atoms with Crippen LogP contribution >= 0.6 is 0 Å². The van der Waals surface area contributed by atoms with Crippen molar-refractivity contribution in [3.8, 4) is 0 Å². The predicted octanol–water partition coefficient (Wildman–Crippen LogP) is 3.72. The van der Waals surface area contributed by atoms with Crippen molar-refractivity contribution in [2.75, 3.05) is 6.61 Å². The van der Waals surface area contributed by atoms with Crippen LogP contribution in [-0.4, -0.2) is 17.7 Å². The lowest BCUT2D eigenvalue weighted by molar-refractivity contribution is -0.151. The molecule has 3 nitrogen and oxygen atoms in total. The van der Waals surface area contributed by atoms with Crippen LogP contribution in [0.15, 0.2) is 55.1 Å². The number of allylic oxidation sites excluding steroid dienone is 1. The summed E-state index contributed by atoms with van der Waals surface area (Å²) in [5.41, 5.74) is 1.24. The van der Waals surface area contributed by atoms with Gasteiger partial charge < -0.3 is 9.84 Å². The average molecular weight is 332 g/mol. The van der Waals surface area contributed by atoms with Crippen LogP contribution in [0.1, 0.15) is 17.5 Å². The maximum atomic E-state index is 13.7. The molecule has 0 bridgehead atoms. The minimum Gasteiger partial charge on any atom is -0.461 e. The standard InChI is InChI=1S/C19H18F2O3/c1-13(17-8-7-16(20)10-18(17)21)9-15(11-22)19(23)24-12-14-5-3-2-4-6-14/h2-8,10,15,22H,1,9,11-12H2. The Morgan fingerprint density at radius 1 is 1.17 bits per heavy atom. The van der Waals surface area contributed by atoms with Crippen molar-refractivity contribution in [2.24, 2.45) is 5.92 Å². The number of rotatable bonds is 7. The number of carbonyl (C=O) groups excluding carboxylic acids is 1. The molecule has 0 aliphatic rings. The molecule has 0 amide bonds. The largest absolute Gasteiger partial charge is 0.461 e. The third kappa shape index (κ3) is 4.73. The monoisotopic (exact) mass is 332 g/mol. The number of halogens is 2.